The Balaban J connectivity index is 1.98. The lowest BCUT2D eigenvalue weighted by atomic mass is 10.1. The Bertz CT molecular complexity index is 395. The molecule has 1 unspecified atom stereocenters. The monoisotopic (exact) mass is 251 g/mol. The molecule has 100 valence electrons. The van der Waals surface area contributed by atoms with E-state index in [4.69, 9.17) is 9.47 Å². The van der Waals surface area contributed by atoms with Gasteiger partial charge in [-0.25, -0.2) is 0 Å². The van der Waals surface area contributed by atoms with Crippen molar-refractivity contribution in [1.29, 1.82) is 0 Å². The van der Waals surface area contributed by atoms with Gasteiger partial charge in [0.15, 0.2) is 11.5 Å². The average Bonchev–Trinajstić information content (AvgIpc) is 2.80. The number of rotatable bonds is 5. The van der Waals surface area contributed by atoms with Gasteiger partial charge >= 0.3 is 0 Å². The van der Waals surface area contributed by atoms with E-state index in [9.17, 15) is 5.11 Å². The van der Waals surface area contributed by atoms with Gasteiger partial charge in [0.25, 0.3) is 0 Å². The minimum Gasteiger partial charge on any atom is -0.504 e. The number of hydrogen-bond donors (Lipinski definition) is 1. The van der Waals surface area contributed by atoms with Gasteiger partial charge in [0.2, 0.25) is 0 Å². The fraction of sp³-hybridized carbons (Fsp3) is 0.571. The standard InChI is InChI=1S/C14H21NO3/c1-17-10-11-6-7-15(8-11)9-12-4-3-5-13(18-2)14(12)16/h3-5,11,16H,6-10H2,1-2H3. The van der Waals surface area contributed by atoms with E-state index in [-0.39, 0.29) is 5.75 Å². The third-order valence-corrected chi connectivity index (χ3v) is 3.47. The molecule has 1 aliphatic heterocycles. The van der Waals surface area contributed by atoms with Crippen LogP contribution < -0.4 is 4.74 Å². The fourth-order valence-corrected chi connectivity index (χ4v) is 2.53. The van der Waals surface area contributed by atoms with Gasteiger partial charge in [0, 0.05) is 25.8 Å². The van der Waals surface area contributed by atoms with E-state index < -0.39 is 0 Å². The molecule has 0 spiro atoms. The van der Waals surface area contributed by atoms with Crippen LogP contribution in [0.15, 0.2) is 18.2 Å². The number of para-hydroxylation sites is 1. The lowest BCUT2D eigenvalue weighted by molar-refractivity contribution is 0.152. The van der Waals surface area contributed by atoms with Crippen molar-refractivity contribution in [1.82, 2.24) is 4.90 Å². The first-order valence-electron chi connectivity index (χ1n) is 6.30. The normalized spacial score (nSPS) is 20.2. The van der Waals surface area contributed by atoms with Crippen molar-refractivity contribution in [3.8, 4) is 11.5 Å². The van der Waals surface area contributed by atoms with Crippen LogP contribution in [0.2, 0.25) is 0 Å². The number of nitrogens with zero attached hydrogens (tertiary/aromatic N) is 1. The zero-order valence-electron chi connectivity index (χ0n) is 11.1. The highest BCUT2D eigenvalue weighted by Crippen LogP contribution is 2.31. The number of hydrogen-bond acceptors (Lipinski definition) is 4. The topological polar surface area (TPSA) is 41.9 Å². The van der Waals surface area contributed by atoms with Gasteiger partial charge in [-0.2, -0.15) is 0 Å². The van der Waals surface area contributed by atoms with Gasteiger partial charge in [-0.15, -0.1) is 0 Å². The molecule has 1 fully saturated rings. The number of phenols is 1. The molecule has 1 aromatic carbocycles. The molecule has 0 saturated carbocycles. The highest BCUT2D eigenvalue weighted by atomic mass is 16.5. The predicted molar refractivity (Wildman–Crippen MR) is 69.9 cm³/mol. The summed E-state index contributed by atoms with van der Waals surface area (Å²) in [5.74, 6) is 1.41. The second-order valence-corrected chi connectivity index (χ2v) is 4.81. The van der Waals surface area contributed by atoms with Gasteiger partial charge in [-0.05, 0) is 24.9 Å². The first kappa shape index (κ1) is 13.2. The first-order chi connectivity index (χ1) is 8.74. The van der Waals surface area contributed by atoms with E-state index in [1.165, 1.54) is 6.42 Å². The van der Waals surface area contributed by atoms with Crippen LogP contribution in [-0.4, -0.2) is 43.9 Å². The molecule has 1 aromatic rings. The Kier molecular flexibility index (Phi) is 4.44. The maximum atomic E-state index is 10.0. The Morgan fingerprint density at radius 1 is 1.39 bits per heavy atom. The summed E-state index contributed by atoms with van der Waals surface area (Å²) in [7, 11) is 3.32. The SMILES string of the molecule is COCC1CCN(Cc2cccc(OC)c2O)C1. The summed E-state index contributed by atoms with van der Waals surface area (Å²) in [5, 5.41) is 10.0. The molecule has 0 radical (unpaired) electrons. The quantitative estimate of drug-likeness (QED) is 0.867. The minimum atomic E-state index is 0.259. The summed E-state index contributed by atoms with van der Waals surface area (Å²) in [6.07, 6.45) is 1.17. The second kappa shape index (κ2) is 6.07. The van der Waals surface area contributed by atoms with Crippen LogP contribution in [0, 0.1) is 5.92 Å². The van der Waals surface area contributed by atoms with Crippen molar-refractivity contribution >= 4 is 0 Å². The highest BCUT2D eigenvalue weighted by Gasteiger charge is 2.23. The molecule has 18 heavy (non-hydrogen) atoms. The Labute approximate surface area is 108 Å². The predicted octanol–water partition coefficient (Wildman–Crippen LogP) is 1.87. The number of aromatic hydroxyl groups is 1. The molecule has 4 nitrogen and oxygen atoms in total. The number of phenolic OH excluding ortho intramolecular Hbond substituents is 1. The van der Waals surface area contributed by atoms with Crippen molar-refractivity contribution in [2.45, 2.75) is 13.0 Å². The highest BCUT2D eigenvalue weighted by molar-refractivity contribution is 5.45. The molecule has 4 heteroatoms. The van der Waals surface area contributed by atoms with Crippen molar-refractivity contribution in [2.24, 2.45) is 5.92 Å². The zero-order chi connectivity index (χ0) is 13.0. The second-order valence-electron chi connectivity index (χ2n) is 4.81. The molecule has 0 aliphatic carbocycles. The van der Waals surface area contributed by atoms with Gasteiger partial charge in [-0.3, -0.25) is 4.90 Å². The molecule has 1 heterocycles. The van der Waals surface area contributed by atoms with E-state index in [2.05, 4.69) is 4.90 Å². The molecule has 1 N–H and O–H groups in total. The number of ether oxygens (including phenoxy) is 2. The largest absolute Gasteiger partial charge is 0.504 e. The van der Waals surface area contributed by atoms with Crippen molar-refractivity contribution in [3.63, 3.8) is 0 Å². The summed E-state index contributed by atoms with van der Waals surface area (Å²) in [4.78, 5) is 2.35. The summed E-state index contributed by atoms with van der Waals surface area (Å²) in [6, 6.07) is 5.63. The van der Waals surface area contributed by atoms with E-state index in [1.54, 1.807) is 20.3 Å². The Morgan fingerprint density at radius 3 is 2.94 bits per heavy atom. The van der Waals surface area contributed by atoms with Crippen molar-refractivity contribution < 1.29 is 14.6 Å². The van der Waals surface area contributed by atoms with Crippen LogP contribution in [-0.2, 0) is 11.3 Å². The molecule has 1 atom stereocenters. The van der Waals surface area contributed by atoms with Crippen LogP contribution in [0.1, 0.15) is 12.0 Å². The first-order valence-corrected chi connectivity index (χ1v) is 6.30. The zero-order valence-corrected chi connectivity index (χ0v) is 11.1. The van der Waals surface area contributed by atoms with Gasteiger partial charge in [0.05, 0.1) is 13.7 Å². The number of likely N-dealkylation sites (tertiary alicyclic amines) is 1. The molecule has 1 saturated heterocycles. The third kappa shape index (κ3) is 2.94. The fourth-order valence-electron chi connectivity index (χ4n) is 2.53. The third-order valence-electron chi connectivity index (χ3n) is 3.47. The lowest BCUT2D eigenvalue weighted by Crippen LogP contribution is -2.21. The Morgan fingerprint density at radius 2 is 2.22 bits per heavy atom. The lowest BCUT2D eigenvalue weighted by Gasteiger charge is -2.17. The van der Waals surface area contributed by atoms with E-state index in [0.29, 0.717) is 11.7 Å². The van der Waals surface area contributed by atoms with Gasteiger partial charge in [-0.1, -0.05) is 12.1 Å². The number of methoxy groups -OCH3 is 2. The van der Waals surface area contributed by atoms with Crippen LogP contribution in [0.4, 0.5) is 0 Å². The maximum Gasteiger partial charge on any atom is 0.162 e. The molecule has 1 aliphatic rings. The summed E-state index contributed by atoms with van der Waals surface area (Å²) in [5.41, 5.74) is 0.924. The smallest absolute Gasteiger partial charge is 0.162 e. The van der Waals surface area contributed by atoms with Crippen LogP contribution in [0.5, 0.6) is 11.5 Å². The number of benzene rings is 1. The molecule has 0 amide bonds. The van der Waals surface area contributed by atoms with Crippen molar-refractivity contribution in [3.05, 3.63) is 23.8 Å². The van der Waals surface area contributed by atoms with Crippen molar-refractivity contribution in [2.75, 3.05) is 33.9 Å². The summed E-state index contributed by atoms with van der Waals surface area (Å²) >= 11 is 0. The van der Waals surface area contributed by atoms with Gasteiger partial charge < -0.3 is 14.6 Å². The van der Waals surface area contributed by atoms with E-state index >= 15 is 0 Å². The van der Waals surface area contributed by atoms with Crippen LogP contribution in [0.3, 0.4) is 0 Å². The van der Waals surface area contributed by atoms with E-state index in [1.807, 2.05) is 12.1 Å². The molecule has 0 bridgehead atoms. The van der Waals surface area contributed by atoms with Gasteiger partial charge in [0.1, 0.15) is 0 Å². The molecular weight excluding hydrogens is 230 g/mol. The Hall–Kier alpha value is -1.26. The van der Waals surface area contributed by atoms with E-state index in [0.717, 1.165) is 31.8 Å². The maximum absolute atomic E-state index is 10.0. The van der Waals surface area contributed by atoms with Crippen LogP contribution >= 0.6 is 0 Å². The summed E-state index contributed by atoms with van der Waals surface area (Å²) < 4.78 is 10.3. The average molecular weight is 251 g/mol. The minimum absolute atomic E-state index is 0.259. The van der Waals surface area contributed by atoms with Crippen LogP contribution in [0.25, 0.3) is 0 Å². The summed E-state index contributed by atoms with van der Waals surface area (Å²) in [6.45, 7) is 3.68. The molecule has 0 aromatic heterocycles. The molecule has 2 rings (SSSR count). The molecular formula is C14H21NO3.